The van der Waals surface area contributed by atoms with E-state index in [4.69, 9.17) is 4.74 Å². The Morgan fingerprint density at radius 1 is 1.22 bits per heavy atom. The van der Waals surface area contributed by atoms with Gasteiger partial charge in [-0.15, -0.1) is 0 Å². The van der Waals surface area contributed by atoms with Crippen LogP contribution in [0.25, 0.3) is 0 Å². The number of hydrogen-bond acceptors (Lipinski definition) is 3. The second kappa shape index (κ2) is 6.05. The summed E-state index contributed by atoms with van der Waals surface area (Å²) in [6.07, 6.45) is 2.75. The van der Waals surface area contributed by atoms with Crippen LogP contribution >= 0.6 is 0 Å². The van der Waals surface area contributed by atoms with Crippen molar-refractivity contribution in [1.82, 2.24) is 4.98 Å². The number of pyridine rings is 1. The highest BCUT2D eigenvalue weighted by molar-refractivity contribution is 5.45. The van der Waals surface area contributed by atoms with Gasteiger partial charge < -0.3 is 10.1 Å². The first-order chi connectivity index (χ1) is 8.78. The minimum absolute atomic E-state index is 0.635. The summed E-state index contributed by atoms with van der Waals surface area (Å²) >= 11 is 0. The van der Waals surface area contributed by atoms with Crippen molar-refractivity contribution >= 4 is 5.69 Å². The Bertz CT molecular complexity index is 511. The van der Waals surface area contributed by atoms with Gasteiger partial charge in [0.2, 0.25) is 5.88 Å². The smallest absolute Gasteiger partial charge is 0.214 e. The van der Waals surface area contributed by atoms with Crippen LogP contribution in [0, 0.1) is 6.92 Å². The molecule has 94 valence electrons. The third kappa shape index (κ3) is 3.48. The molecule has 0 bridgehead atoms. The zero-order chi connectivity index (χ0) is 12.8. The largest absolute Gasteiger partial charge is 0.481 e. The number of nitrogens with zero attached hydrogens (tertiary/aromatic N) is 1. The second-order valence-electron chi connectivity index (χ2n) is 4.25. The topological polar surface area (TPSA) is 34.1 Å². The number of hydrogen-bond donors (Lipinski definition) is 1. The summed E-state index contributed by atoms with van der Waals surface area (Å²) in [5, 5.41) is 3.37. The van der Waals surface area contributed by atoms with E-state index in [9.17, 15) is 0 Å². The Morgan fingerprint density at radius 3 is 2.89 bits per heavy atom. The number of methoxy groups -OCH3 is 1. The van der Waals surface area contributed by atoms with E-state index in [1.165, 1.54) is 11.1 Å². The van der Waals surface area contributed by atoms with E-state index in [-0.39, 0.29) is 0 Å². The van der Waals surface area contributed by atoms with E-state index in [0.29, 0.717) is 5.88 Å². The summed E-state index contributed by atoms with van der Waals surface area (Å²) < 4.78 is 5.08. The van der Waals surface area contributed by atoms with E-state index >= 15 is 0 Å². The van der Waals surface area contributed by atoms with Gasteiger partial charge in [0.1, 0.15) is 0 Å². The number of anilines is 1. The van der Waals surface area contributed by atoms with Crippen LogP contribution in [0.2, 0.25) is 0 Å². The molecular weight excluding hydrogens is 224 g/mol. The van der Waals surface area contributed by atoms with Gasteiger partial charge in [-0.1, -0.05) is 29.8 Å². The first kappa shape index (κ1) is 12.4. The molecule has 1 heterocycles. The number of nitrogens with one attached hydrogen (secondary N) is 1. The Morgan fingerprint density at radius 2 is 2.11 bits per heavy atom. The zero-order valence-electron chi connectivity index (χ0n) is 10.8. The Balaban J connectivity index is 1.88. The van der Waals surface area contributed by atoms with Crippen LogP contribution < -0.4 is 10.1 Å². The third-order valence-electron chi connectivity index (χ3n) is 2.77. The van der Waals surface area contributed by atoms with E-state index in [0.717, 1.165) is 18.7 Å². The SMILES string of the molecule is COc1cc(NCCc2cccc(C)c2)ccn1. The number of aryl methyl sites for hydroxylation is 1. The predicted molar refractivity (Wildman–Crippen MR) is 74.2 cm³/mol. The highest BCUT2D eigenvalue weighted by Crippen LogP contribution is 2.13. The molecule has 3 heteroatoms. The van der Waals surface area contributed by atoms with Crippen molar-refractivity contribution in [3.63, 3.8) is 0 Å². The average molecular weight is 242 g/mol. The summed E-state index contributed by atoms with van der Waals surface area (Å²) in [7, 11) is 1.62. The van der Waals surface area contributed by atoms with Gasteiger partial charge in [0.05, 0.1) is 7.11 Å². The summed E-state index contributed by atoms with van der Waals surface area (Å²) in [5.41, 5.74) is 3.69. The van der Waals surface area contributed by atoms with Crippen molar-refractivity contribution in [2.75, 3.05) is 19.0 Å². The molecule has 0 unspecified atom stereocenters. The lowest BCUT2D eigenvalue weighted by molar-refractivity contribution is 0.398. The van der Waals surface area contributed by atoms with Crippen molar-refractivity contribution in [2.45, 2.75) is 13.3 Å². The molecule has 0 radical (unpaired) electrons. The molecule has 0 amide bonds. The Labute approximate surface area is 108 Å². The molecule has 1 aromatic carbocycles. The van der Waals surface area contributed by atoms with Gasteiger partial charge in [-0.2, -0.15) is 0 Å². The molecule has 2 aromatic rings. The maximum atomic E-state index is 5.08. The Hall–Kier alpha value is -2.03. The highest BCUT2D eigenvalue weighted by atomic mass is 16.5. The van der Waals surface area contributed by atoms with Crippen LogP contribution in [0.5, 0.6) is 5.88 Å². The summed E-state index contributed by atoms with van der Waals surface area (Å²) in [4.78, 5) is 4.07. The van der Waals surface area contributed by atoms with Crippen LogP contribution in [0.3, 0.4) is 0 Å². The number of rotatable bonds is 5. The zero-order valence-corrected chi connectivity index (χ0v) is 10.8. The summed E-state index contributed by atoms with van der Waals surface area (Å²) in [6.45, 7) is 3.02. The maximum Gasteiger partial charge on any atom is 0.214 e. The van der Waals surface area contributed by atoms with Crippen molar-refractivity contribution in [1.29, 1.82) is 0 Å². The fraction of sp³-hybridized carbons (Fsp3) is 0.267. The normalized spacial score (nSPS) is 10.1. The molecule has 0 spiro atoms. The molecular formula is C15H18N2O. The quantitative estimate of drug-likeness (QED) is 0.875. The van der Waals surface area contributed by atoms with E-state index < -0.39 is 0 Å². The van der Waals surface area contributed by atoms with E-state index in [2.05, 4.69) is 41.5 Å². The van der Waals surface area contributed by atoms with Crippen LogP contribution in [0.1, 0.15) is 11.1 Å². The van der Waals surface area contributed by atoms with Gasteiger partial charge in [0.25, 0.3) is 0 Å². The standard InChI is InChI=1S/C15H18N2O/c1-12-4-3-5-13(10-12)6-8-16-14-7-9-17-15(11-14)18-2/h3-5,7,9-11H,6,8H2,1-2H3,(H,16,17). The van der Waals surface area contributed by atoms with Crippen LogP contribution in [-0.4, -0.2) is 18.6 Å². The fourth-order valence-corrected chi connectivity index (χ4v) is 1.85. The molecule has 18 heavy (non-hydrogen) atoms. The minimum atomic E-state index is 0.635. The van der Waals surface area contributed by atoms with Crippen LogP contribution in [0.15, 0.2) is 42.6 Å². The number of benzene rings is 1. The number of aromatic nitrogens is 1. The van der Waals surface area contributed by atoms with Gasteiger partial charge in [-0.05, 0) is 25.0 Å². The molecule has 1 aromatic heterocycles. The van der Waals surface area contributed by atoms with Crippen molar-refractivity contribution in [2.24, 2.45) is 0 Å². The van der Waals surface area contributed by atoms with Gasteiger partial charge in [0.15, 0.2) is 0 Å². The van der Waals surface area contributed by atoms with Crippen molar-refractivity contribution < 1.29 is 4.74 Å². The van der Waals surface area contributed by atoms with Gasteiger partial charge in [-0.3, -0.25) is 0 Å². The monoisotopic (exact) mass is 242 g/mol. The third-order valence-corrected chi connectivity index (χ3v) is 2.77. The summed E-state index contributed by atoms with van der Waals surface area (Å²) in [6, 6.07) is 12.4. The minimum Gasteiger partial charge on any atom is -0.481 e. The molecule has 0 atom stereocenters. The average Bonchev–Trinajstić information content (AvgIpc) is 2.39. The van der Waals surface area contributed by atoms with Crippen LogP contribution in [0.4, 0.5) is 5.69 Å². The lowest BCUT2D eigenvalue weighted by Gasteiger charge is -2.07. The molecule has 1 N–H and O–H groups in total. The molecule has 0 aliphatic heterocycles. The van der Waals surface area contributed by atoms with Crippen LogP contribution in [-0.2, 0) is 6.42 Å². The predicted octanol–water partition coefficient (Wildman–Crippen LogP) is 3.05. The number of ether oxygens (including phenoxy) is 1. The maximum absolute atomic E-state index is 5.08. The second-order valence-corrected chi connectivity index (χ2v) is 4.25. The van der Waals surface area contributed by atoms with Gasteiger partial charge >= 0.3 is 0 Å². The van der Waals surface area contributed by atoms with Gasteiger partial charge in [-0.25, -0.2) is 4.98 Å². The molecule has 0 fully saturated rings. The van der Waals surface area contributed by atoms with Gasteiger partial charge in [0, 0.05) is 24.5 Å². The molecule has 0 saturated heterocycles. The molecule has 2 rings (SSSR count). The molecule has 0 saturated carbocycles. The van der Waals surface area contributed by atoms with Crippen molar-refractivity contribution in [3.05, 3.63) is 53.7 Å². The molecule has 0 aliphatic carbocycles. The highest BCUT2D eigenvalue weighted by Gasteiger charge is 1.97. The molecule has 0 aliphatic rings. The lowest BCUT2D eigenvalue weighted by Crippen LogP contribution is -2.05. The first-order valence-corrected chi connectivity index (χ1v) is 6.07. The Kier molecular flexibility index (Phi) is 4.18. The van der Waals surface area contributed by atoms with Crippen molar-refractivity contribution in [3.8, 4) is 5.88 Å². The first-order valence-electron chi connectivity index (χ1n) is 6.07. The van der Waals surface area contributed by atoms with E-state index in [1.54, 1.807) is 13.3 Å². The molecule has 3 nitrogen and oxygen atoms in total. The van der Waals surface area contributed by atoms with E-state index in [1.807, 2.05) is 12.1 Å². The fourth-order valence-electron chi connectivity index (χ4n) is 1.85. The summed E-state index contributed by atoms with van der Waals surface area (Å²) in [5.74, 6) is 0.635. The lowest BCUT2D eigenvalue weighted by atomic mass is 10.1.